The first kappa shape index (κ1) is 18.5. The minimum absolute atomic E-state index is 0.127. The molecule has 144 valence electrons. The summed E-state index contributed by atoms with van der Waals surface area (Å²) < 4.78 is 7.37. The Morgan fingerprint density at radius 3 is 2.68 bits per heavy atom. The Bertz CT molecular complexity index is 927. The number of halogens is 1. The zero-order valence-corrected chi connectivity index (χ0v) is 16.1. The predicted octanol–water partition coefficient (Wildman–Crippen LogP) is 4.45. The van der Waals surface area contributed by atoms with Crippen molar-refractivity contribution in [3.63, 3.8) is 0 Å². The molecule has 1 atom stereocenters. The third-order valence-corrected chi connectivity index (χ3v) is 5.13. The Morgan fingerprint density at radius 2 is 1.89 bits per heavy atom. The van der Waals surface area contributed by atoms with Gasteiger partial charge in [0, 0.05) is 11.6 Å². The summed E-state index contributed by atoms with van der Waals surface area (Å²) in [7, 11) is 0. The second-order valence-corrected chi connectivity index (χ2v) is 7.23. The van der Waals surface area contributed by atoms with Crippen LogP contribution in [0.5, 0.6) is 0 Å². The molecule has 2 heterocycles. The van der Waals surface area contributed by atoms with E-state index >= 15 is 0 Å². The number of nitrogens with zero attached hydrogens (tertiary/aromatic N) is 4. The Morgan fingerprint density at radius 1 is 1.11 bits per heavy atom. The van der Waals surface area contributed by atoms with Crippen LogP contribution in [-0.4, -0.2) is 32.3 Å². The molecule has 0 saturated carbocycles. The van der Waals surface area contributed by atoms with Gasteiger partial charge in [-0.05, 0) is 36.1 Å². The van der Waals surface area contributed by atoms with Crippen LogP contribution in [0, 0.1) is 0 Å². The van der Waals surface area contributed by atoms with Crippen LogP contribution in [0.1, 0.15) is 35.8 Å². The quantitative estimate of drug-likeness (QED) is 0.639. The lowest BCUT2D eigenvalue weighted by Gasteiger charge is -2.24. The summed E-state index contributed by atoms with van der Waals surface area (Å²) in [6, 6.07) is 17.2. The lowest BCUT2D eigenvalue weighted by molar-refractivity contribution is 0.0902. The molecule has 0 bridgehead atoms. The van der Waals surface area contributed by atoms with E-state index in [1.165, 1.54) is 6.33 Å². The molecular weight excluding hydrogens is 376 g/mol. The van der Waals surface area contributed by atoms with E-state index in [2.05, 4.69) is 10.1 Å². The van der Waals surface area contributed by atoms with Gasteiger partial charge in [0.2, 0.25) is 0 Å². The topological polar surface area (TPSA) is 60.2 Å². The number of amides is 1. The number of hydrogen-bond acceptors (Lipinski definition) is 4. The monoisotopic (exact) mass is 396 g/mol. The Kier molecular flexibility index (Phi) is 5.58. The van der Waals surface area contributed by atoms with Crippen LogP contribution in [-0.2, 0) is 17.9 Å². The first-order valence-corrected chi connectivity index (χ1v) is 9.68. The average molecular weight is 397 g/mol. The molecule has 1 aliphatic rings. The third-order valence-electron chi connectivity index (χ3n) is 4.88. The van der Waals surface area contributed by atoms with Crippen molar-refractivity contribution in [1.82, 2.24) is 19.7 Å². The fraction of sp³-hybridized carbons (Fsp3) is 0.286. The molecule has 1 fully saturated rings. The van der Waals surface area contributed by atoms with Gasteiger partial charge in [-0.1, -0.05) is 54.1 Å². The van der Waals surface area contributed by atoms with Gasteiger partial charge in [-0.3, -0.25) is 4.90 Å². The Balaban J connectivity index is 1.45. The standard InChI is InChI=1S/C21H21ClN4O2/c22-18-10-8-16(9-11-18)13-26-20(23-15-24-26)19-7-4-12-25(19)21(27)28-14-17-5-2-1-3-6-17/h1-3,5-6,8-11,15,19H,4,7,12-14H2/t19-/m1/s1. The number of carbonyl (C=O) groups excluding carboxylic acids is 1. The average Bonchev–Trinajstić information content (AvgIpc) is 3.38. The lowest BCUT2D eigenvalue weighted by Crippen LogP contribution is -2.32. The summed E-state index contributed by atoms with van der Waals surface area (Å²) in [6.07, 6.45) is 2.99. The number of carbonyl (C=O) groups is 1. The minimum atomic E-state index is -0.313. The van der Waals surface area contributed by atoms with Gasteiger partial charge in [-0.15, -0.1) is 0 Å². The minimum Gasteiger partial charge on any atom is -0.445 e. The number of rotatable bonds is 5. The molecule has 0 spiro atoms. The van der Waals surface area contributed by atoms with Crippen molar-refractivity contribution in [2.45, 2.75) is 32.0 Å². The van der Waals surface area contributed by atoms with E-state index in [1.807, 2.05) is 59.3 Å². The Labute approximate surface area is 168 Å². The van der Waals surface area contributed by atoms with Gasteiger partial charge in [-0.2, -0.15) is 5.10 Å². The molecule has 0 radical (unpaired) electrons. The molecule has 2 aromatic carbocycles. The first-order valence-electron chi connectivity index (χ1n) is 9.30. The molecule has 1 saturated heterocycles. The van der Waals surface area contributed by atoms with E-state index in [4.69, 9.17) is 16.3 Å². The van der Waals surface area contributed by atoms with Crippen molar-refractivity contribution in [2.24, 2.45) is 0 Å². The molecule has 0 unspecified atom stereocenters. The van der Waals surface area contributed by atoms with Crippen molar-refractivity contribution in [2.75, 3.05) is 6.54 Å². The second-order valence-electron chi connectivity index (χ2n) is 6.79. The van der Waals surface area contributed by atoms with Gasteiger partial charge in [0.25, 0.3) is 0 Å². The molecule has 0 N–H and O–H groups in total. The first-order chi connectivity index (χ1) is 13.7. The molecular formula is C21H21ClN4O2. The maximum absolute atomic E-state index is 12.7. The van der Waals surface area contributed by atoms with Crippen LogP contribution < -0.4 is 0 Å². The lowest BCUT2D eigenvalue weighted by atomic mass is 10.2. The van der Waals surface area contributed by atoms with E-state index in [0.717, 1.165) is 29.8 Å². The highest BCUT2D eigenvalue weighted by molar-refractivity contribution is 6.30. The van der Waals surface area contributed by atoms with Gasteiger partial charge in [0.1, 0.15) is 18.8 Å². The maximum atomic E-state index is 12.7. The van der Waals surface area contributed by atoms with Gasteiger partial charge in [0.15, 0.2) is 0 Å². The van der Waals surface area contributed by atoms with Gasteiger partial charge in [-0.25, -0.2) is 14.5 Å². The third kappa shape index (κ3) is 4.17. The van der Waals surface area contributed by atoms with Crippen LogP contribution in [0.2, 0.25) is 5.02 Å². The summed E-state index contributed by atoms with van der Waals surface area (Å²) in [5.41, 5.74) is 2.05. The molecule has 1 aromatic heterocycles. The van der Waals surface area contributed by atoms with Crippen LogP contribution in [0.15, 0.2) is 60.9 Å². The SMILES string of the molecule is O=C(OCc1ccccc1)N1CCC[C@@H]1c1ncnn1Cc1ccc(Cl)cc1. The normalized spacial score (nSPS) is 16.3. The van der Waals surface area contributed by atoms with Crippen molar-refractivity contribution < 1.29 is 9.53 Å². The summed E-state index contributed by atoms with van der Waals surface area (Å²) in [5.74, 6) is 0.782. The van der Waals surface area contributed by atoms with Crippen molar-refractivity contribution in [1.29, 1.82) is 0 Å². The van der Waals surface area contributed by atoms with E-state index < -0.39 is 0 Å². The number of ether oxygens (including phenoxy) is 1. The summed E-state index contributed by atoms with van der Waals surface area (Å²) in [6.45, 7) is 1.50. The van der Waals surface area contributed by atoms with Gasteiger partial charge < -0.3 is 4.74 Å². The van der Waals surface area contributed by atoms with E-state index in [-0.39, 0.29) is 18.7 Å². The number of likely N-dealkylation sites (tertiary alicyclic amines) is 1. The molecule has 7 heteroatoms. The van der Waals surface area contributed by atoms with E-state index in [9.17, 15) is 4.79 Å². The van der Waals surface area contributed by atoms with Gasteiger partial charge in [0.05, 0.1) is 12.6 Å². The van der Waals surface area contributed by atoms with E-state index in [0.29, 0.717) is 18.1 Å². The van der Waals surface area contributed by atoms with Crippen LogP contribution in [0.4, 0.5) is 4.79 Å². The summed E-state index contributed by atoms with van der Waals surface area (Å²) in [4.78, 5) is 18.9. The predicted molar refractivity (Wildman–Crippen MR) is 106 cm³/mol. The van der Waals surface area contributed by atoms with Crippen LogP contribution in [0.3, 0.4) is 0 Å². The van der Waals surface area contributed by atoms with Crippen molar-refractivity contribution in [3.8, 4) is 0 Å². The van der Waals surface area contributed by atoms with Gasteiger partial charge >= 0.3 is 6.09 Å². The zero-order valence-electron chi connectivity index (χ0n) is 15.4. The molecule has 0 aliphatic carbocycles. The van der Waals surface area contributed by atoms with Crippen molar-refractivity contribution in [3.05, 3.63) is 82.9 Å². The highest BCUT2D eigenvalue weighted by Crippen LogP contribution is 2.31. The fourth-order valence-electron chi connectivity index (χ4n) is 3.47. The molecule has 28 heavy (non-hydrogen) atoms. The molecule has 1 amide bonds. The zero-order chi connectivity index (χ0) is 19.3. The number of hydrogen-bond donors (Lipinski definition) is 0. The maximum Gasteiger partial charge on any atom is 0.410 e. The molecule has 6 nitrogen and oxygen atoms in total. The van der Waals surface area contributed by atoms with Crippen LogP contribution in [0.25, 0.3) is 0 Å². The number of aromatic nitrogens is 3. The fourth-order valence-corrected chi connectivity index (χ4v) is 3.60. The highest BCUT2D eigenvalue weighted by Gasteiger charge is 2.34. The molecule has 3 aromatic rings. The number of benzene rings is 2. The molecule has 1 aliphatic heterocycles. The van der Waals surface area contributed by atoms with Crippen LogP contribution >= 0.6 is 11.6 Å². The smallest absolute Gasteiger partial charge is 0.410 e. The Hall–Kier alpha value is -2.86. The summed E-state index contributed by atoms with van der Waals surface area (Å²) in [5, 5.41) is 5.06. The van der Waals surface area contributed by atoms with E-state index in [1.54, 1.807) is 4.90 Å². The largest absolute Gasteiger partial charge is 0.445 e. The molecule has 4 rings (SSSR count). The summed E-state index contributed by atoms with van der Waals surface area (Å²) >= 11 is 5.96. The second kappa shape index (κ2) is 8.44. The highest BCUT2D eigenvalue weighted by atomic mass is 35.5. The van der Waals surface area contributed by atoms with Crippen molar-refractivity contribution >= 4 is 17.7 Å².